The van der Waals surface area contributed by atoms with E-state index in [1.54, 1.807) is 6.21 Å². The third kappa shape index (κ3) is 7.26. The zero-order valence-corrected chi connectivity index (χ0v) is 33.1. The van der Waals surface area contributed by atoms with Gasteiger partial charge < -0.3 is 5.11 Å². The first-order valence-corrected chi connectivity index (χ1v) is 18.9. The molecule has 0 fully saturated rings. The minimum Gasteiger partial charge on any atom is -0.507 e. The van der Waals surface area contributed by atoms with Gasteiger partial charge in [-0.2, -0.15) is 0 Å². The molecular formula is C50H51N3O. The summed E-state index contributed by atoms with van der Waals surface area (Å²) in [5.74, 6) is 1.07. The molecule has 272 valence electrons. The fourth-order valence-corrected chi connectivity index (χ4v) is 7.03. The number of aromatic nitrogens is 2. The summed E-state index contributed by atoms with van der Waals surface area (Å²) < 4.78 is 2.23. The molecule has 4 nitrogen and oxygen atoms in total. The molecule has 1 heterocycles. The second-order valence-corrected chi connectivity index (χ2v) is 17.4. The van der Waals surface area contributed by atoms with Gasteiger partial charge in [-0.25, -0.2) is 4.98 Å². The van der Waals surface area contributed by atoms with Crippen LogP contribution >= 0.6 is 0 Å². The fourth-order valence-electron chi connectivity index (χ4n) is 7.03. The Balaban J connectivity index is 1.36. The molecule has 0 unspecified atom stereocenters. The number of benzene rings is 6. The summed E-state index contributed by atoms with van der Waals surface area (Å²) in [6.07, 6.45) is 1.80. The van der Waals surface area contributed by atoms with Crippen molar-refractivity contribution in [3.8, 4) is 45.1 Å². The lowest BCUT2D eigenvalue weighted by molar-refractivity contribution is 0.444. The van der Waals surface area contributed by atoms with E-state index in [4.69, 9.17) is 9.98 Å². The maximum absolute atomic E-state index is 11.5. The number of para-hydroxylation sites is 3. The van der Waals surface area contributed by atoms with E-state index < -0.39 is 0 Å². The zero-order valence-electron chi connectivity index (χ0n) is 33.1. The van der Waals surface area contributed by atoms with Gasteiger partial charge in [-0.1, -0.05) is 159 Å². The SMILES string of the molecule is CC(C)(C)c1cccc(-c2ccc(-c3cccc4c3nc(-c3ccccc3N=Cc3cc(C(C)(C)C)cc(C(C)(C)C)c3O)n4-c3ccccc3)cc2)c1. The quantitative estimate of drug-likeness (QED) is 0.175. The lowest BCUT2D eigenvalue weighted by Gasteiger charge is -2.27. The van der Waals surface area contributed by atoms with Gasteiger partial charge >= 0.3 is 0 Å². The Morgan fingerprint density at radius 3 is 1.87 bits per heavy atom. The second kappa shape index (κ2) is 13.9. The molecule has 0 saturated heterocycles. The summed E-state index contributed by atoms with van der Waals surface area (Å²) in [5, 5.41) is 11.5. The maximum Gasteiger partial charge on any atom is 0.147 e. The Labute approximate surface area is 320 Å². The minimum atomic E-state index is -0.234. The molecule has 0 bridgehead atoms. The van der Waals surface area contributed by atoms with Crippen molar-refractivity contribution in [3.63, 3.8) is 0 Å². The van der Waals surface area contributed by atoms with Crippen molar-refractivity contribution in [1.82, 2.24) is 9.55 Å². The van der Waals surface area contributed by atoms with Crippen LogP contribution in [0.15, 0.2) is 138 Å². The summed E-state index contributed by atoms with van der Waals surface area (Å²) in [4.78, 5) is 10.5. The molecule has 7 aromatic rings. The Morgan fingerprint density at radius 2 is 1.19 bits per heavy atom. The summed E-state index contributed by atoms with van der Waals surface area (Å²) in [5.41, 5.74) is 13.0. The van der Waals surface area contributed by atoms with Gasteiger partial charge in [0.05, 0.1) is 16.7 Å². The first-order valence-electron chi connectivity index (χ1n) is 18.9. The molecule has 0 aliphatic rings. The van der Waals surface area contributed by atoms with Gasteiger partial charge in [0.2, 0.25) is 0 Å². The van der Waals surface area contributed by atoms with Gasteiger partial charge in [-0.15, -0.1) is 0 Å². The Morgan fingerprint density at radius 1 is 0.556 bits per heavy atom. The summed E-state index contributed by atoms with van der Waals surface area (Å²) in [7, 11) is 0. The van der Waals surface area contributed by atoms with Gasteiger partial charge in [0.1, 0.15) is 11.6 Å². The Bertz CT molecular complexity index is 2480. The molecule has 0 aliphatic heterocycles. The largest absolute Gasteiger partial charge is 0.507 e. The molecule has 0 radical (unpaired) electrons. The molecule has 4 heteroatoms. The number of hydrogen-bond donors (Lipinski definition) is 1. The average Bonchev–Trinajstić information content (AvgIpc) is 3.53. The van der Waals surface area contributed by atoms with Crippen LogP contribution in [-0.4, -0.2) is 20.9 Å². The molecule has 7 rings (SSSR count). The lowest BCUT2D eigenvalue weighted by Crippen LogP contribution is -2.17. The highest BCUT2D eigenvalue weighted by Crippen LogP contribution is 2.40. The third-order valence-corrected chi connectivity index (χ3v) is 10.3. The Kier molecular flexibility index (Phi) is 9.43. The number of rotatable bonds is 6. The number of phenols is 1. The van der Waals surface area contributed by atoms with Gasteiger partial charge in [-0.3, -0.25) is 9.56 Å². The highest BCUT2D eigenvalue weighted by atomic mass is 16.3. The van der Waals surface area contributed by atoms with E-state index in [0.717, 1.165) is 56.0 Å². The molecule has 0 saturated carbocycles. The van der Waals surface area contributed by atoms with Crippen molar-refractivity contribution >= 4 is 22.9 Å². The van der Waals surface area contributed by atoms with Gasteiger partial charge in [0, 0.05) is 34.2 Å². The number of phenolic OH excluding ortho intramolecular Hbond substituents is 1. The van der Waals surface area contributed by atoms with Crippen LogP contribution in [0.4, 0.5) is 5.69 Å². The lowest BCUT2D eigenvalue weighted by atomic mass is 9.79. The number of aliphatic imine (C=N–C) groups is 1. The predicted molar refractivity (Wildman–Crippen MR) is 229 cm³/mol. The molecule has 0 aliphatic carbocycles. The highest BCUT2D eigenvalue weighted by Gasteiger charge is 2.25. The molecule has 1 aromatic heterocycles. The van der Waals surface area contributed by atoms with Crippen LogP contribution in [0.25, 0.3) is 50.4 Å². The number of imidazole rings is 1. The average molecular weight is 710 g/mol. The van der Waals surface area contributed by atoms with E-state index in [9.17, 15) is 5.11 Å². The predicted octanol–water partition coefficient (Wildman–Crippen LogP) is 13.4. The topological polar surface area (TPSA) is 50.4 Å². The van der Waals surface area contributed by atoms with Crippen LogP contribution in [0.5, 0.6) is 5.75 Å². The van der Waals surface area contributed by atoms with E-state index in [1.807, 2.05) is 24.3 Å². The van der Waals surface area contributed by atoms with Crippen molar-refractivity contribution in [2.75, 3.05) is 0 Å². The molecular weight excluding hydrogens is 659 g/mol. The number of aromatic hydroxyl groups is 1. The van der Waals surface area contributed by atoms with E-state index in [-0.39, 0.29) is 22.0 Å². The number of hydrogen-bond acceptors (Lipinski definition) is 3. The molecule has 0 atom stereocenters. The van der Waals surface area contributed by atoms with Gasteiger partial charge in [0.15, 0.2) is 0 Å². The standard InChI is InChI=1S/C50H51N3O/c1-48(2,3)37-18-15-17-35(29-37)33-25-27-34(28-26-33)40-22-16-24-44-45(40)52-47(53(44)39-19-11-10-12-20-39)41-21-13-14-23-43(41)51-32-36-30-38(49(4,5)6)31-42(46(36)54)50(7,8)9/h10-32,54H,1-9H3. The third-order valence-electron chi connectivity index (χ3n) is 10.3. The van der Waals surface area contributed by atoms with Crippen LogP contribution < -0.4 is 0 Å². The molecule has 1 N–H and O–H groups in total. The zero-order chi connectivity index (χ0) is 38.4. The van der Waals surface area contributed by atoms with E-state index in [2.05, 4.69) is 176 Å². The van der Waals surface area contributed by atoms with Crippen molar-refractivity contribution in [1.29, 1.82) is 0 Å². The summed E-state index contributed by atoms with van der Waals surface area (Å²) >= 11 is 0. The molecule has 0 spiro atoms. The van der Waals surface area contributed by atoms with Crippen molar-refractivity contribution in [2.45, 2.75) is 78.6 Å². The summed E-state index contributed by atoms with van der Waals surface area (Å²) in [6.45, 7) is 19.8. The van der Waals surface area contributed by atoms with E-state index in [0.29, 0.717) is 5.56 Å². The molecule has 6 aromatic carbocycles. The van der Waals surface area contributed by atoms with E-state index in [1.165, 1.54) is 16.7 Å². The van der Waals surface area contributed by atoms with Crippen molar-refractivity contribution in [2.24, 2.45) is 4.99 Å². The first-order chi connectivity index (χ1) is 25.6. The Hall–Kier alpha value is -5.74. The second-order valence-electron chi connectivity index (χ2n) is 17.4. The minimum absolute atomic E-state index is 0.0830. The van der Waals surface area contributed by atoms with Crippen molar-refractivity contribution < 1.29 is 5.11 Å². The smallest absolute Gasteiger partial charge is 0.147 e. The monoisotopic (exact) mass is 709 g/mol. The van der Waals surface area contributed by atoms with Crippen LogP contribution in [0.1, 0.15) is 84.6 Å². The van der Waals surface area contributed by atoms with E-state index >= 15 is 0 Å². The first kappa shape index (κ1) is 36.6. The van der Waals surface area contributed by atoms with Crippen LogP contribution in [0.2, 0.25) is 0 Å². The van der Waals surface area contributed by atoms with Gasteiger partial charge in [-0.05, 0) is 80.5 Å². The van der Waals surface area contributed by atoms with Crippen molar-refractivity contribution in [3.05, 3.63) is 156 Å². The number of nitrogens with zero attached hydrogens (tertiary/aromatic N) is 3. The van der Waals surface area contributed by atoms with Crippen LogP contribution in [-0.2, 0) is 16.2 Å². The van der Waals surface area contributed by atoms with Crippen LogP contribution in [0, 0.1) is 0 Å². The fraction of sp³-hybridized carbons (Fsp3) is 0.240. The molecule has 54 heavy (non-hydrogen) atoms. The summed E-state index contributed by atoms with van der Waals surface area (Å²) in [6, 6.07) is 46.8. The molecule has 0 amide bonds. The normalized spacial score (nSPS) is 12.5. The van der Waals surface area contributed by atoms with Gasteiger partial charge in [0.25, 0.3) is 0 Å². The maximum atomic E-state index is 11.5. The van der Waals surface area contributed by atoms with Crippen LogP contribution in [0.3, 0.4) is 0 Å². The highest BCUT2D eigenvalue weighted by molar-refractivity contribution is 5.97. The number of fused-ring (bicyclic) bond motifs is 1.